The number of ether oxygens (including phenoxy) is 2. The van der Waals surface area contributed by atoms with Gasteiger partial charge < -0.3 is 20.1 Å². The van der Waals surface area contributed by atoms with Crippen molar-refractivity contribution in [1.29, 1.82) is 0 Å². The van der Waals surface area contributed by atoms with Crippen molar-refractivity contribution in [2.75, 3.05) is 27.4 Å². The van der Waals surface area contributed by atoms with Crippen molar-refractivity contribution in [3.05, 3.63) is 29.8 Å². The molecule has 2 rings (SSSR count). The Morgan fingerprint density at radius 3 is 2.67 bits per heavy atom. The molecular weight excluding hydrogens is 314 g/mol. The third kappa shape index (κ3) is 3.65. The van der Waals surface area contributed by atoms with E-state index in [2.05, 4.69) is 10.6 Å². The van der Waals surface area contributed by atoms with Gasteiger partial charge in [-0.25, -0.2) is 4.79 Å². The lowest BCUT2D eigenvalue weighted by Crippen LogP contribution is -2.48. The zero-order valence-electron chi connectivity index (χ0n) is 13.9. The van der Waals surface area contributed by atoms with E-state index >= 15 is 0 Å². The van der Waals surface area contributed by atoms with E-state index in [-0.39, 0.29) is 19.7 Å². The monoisotopic (exact) mass is 335 g/mol. The number of carbonyl (C=O) groups is 3. The average Bonchev–Trinajstić information content (AvgIpc) is 2.76. The highest BCUT2D eigenvalue weighted by molar-refractivity contribution is 6.08. The lowest BCUT2D eigenvalue weighted by Gasteiger charge is -2.20. The van der Waals surface area contributed by atoms with Crippen molar-refractivity contribution in [1.82, 2.24) is 15.5 Å². The fraction of sp³-hybridized carbons (Fsp3) is 0.438. The van der Waals surface area contributed by atoms with Gasteiger partial charge in [0.05, 0.1) is 13.7 Å². The number of imide groups is 1. The van der Waals surface area contributed by atoms with Crippen molar-refractivity contribution in [3.8, 4) is 5.75 Å². The van der Waals surface area contributed by atoms with E-state index in [1.165, 1.54) is 7.11 Å². The second-order valence-corrected chi connectivity index (χ2v) is 5.68. The molecule has 130 valence electrons. The van der Waals surface area contributed by atoms with Crippen LogP contribution in [0.3, 0.4) is 0 Å². The number of hydrogen-bond acceptors (Lipinski definition) is 5. The molecule has 1 saturated heterocycles. The Bertz CT molecular complexity index is 648. The molecule has 0 aromatic heterocycles. The highest BCUT2D eigenvalue weighted by Crippen LogP contribution is 2.18. The van der Waals surface area contributed by atoms with Crippen LogP contribution in [0.2, 0.25) is 0 Å². The van der Waals surface area contributed by atoms with Crippen LogP contribution in [0.15, 0.2) is 24.3 Å². The fourth-order valence-corrected chi connectivity index (χ4v) is 2.52. The molecule has 0 aliphatic carbocycles. The Balaban J connectivity index is 1.95. The number of para-hydroxylation sites is 1. The summed E-state index contributed by atoms with van der Waals surface area (Å²) in [6.45, 7) is 1.49. The predicted molar refractivity (Wildman–Crippen MR) is 85.4 cm³/mol. The summed E-state index contributed by atoms with van der Waals surface area (Å²) in [4.78, 5) is 37.2. The van der Waals surface area contributed by atoms with Crippen molar-refractivity contribution < 1.29 is 23.9 Å². The number of rotatable bonds is 7. The van der Waals surface area contributed by atoms with Crippen molar-refractivity contribution in [2.24, 2.45) is 0 Å². The largest absolute Gasteiger partial charge is 0.496 e. The number of benzene rings is 1. The molecular formula is C16H21N3O5. The van der Waals surface area contributed by atoms with E-state index in [4.69, 9.17) is 9.47 Å². The lowest BCUT2D eigenvalue weighted by molar-refractivity contribution is -0.135. The molecule has 1 aliphatic heterocycles. The van der Waals surface area contributed by atoms with E-state index < -0.39 is 23.4 Å². The first-order chi connectivity index (χ1) is 11.4. The summed E-state index contributed by atoms with van der Waals surface area (Å²) >= 11 is 0. The standard InChI is InChI=1S/C16H21N3O5/c1-16(10-23-2)14(21)19(15(22)18-16)9-13(20)17-8-11-6-4-5-7-12(11)24-3/h4-7H,8-10H2,1-3H3,(H,17,20)(H,18,22)/t16-/m1/s1. The van der Waals surface area contributed by atoms with Gasteiger partial charge >= 0.3 is 6.03 Å². The number of carbonyl (C=O) groups excluding carboxylic acids is 3. The molecule has 8 nitrogen and oxygen atoms in total. The number of amides is 4. The molecule has 8 heteroatoms. The molecule has 2 N–H and O–H groups in total. The maximum atomic E-state index is 12.3. The van der Waals surface area contributed by atoms with E-state index in [1.54, 1.807) is 20.1 Å². The number of nitrogens with zero attached hydrogens (tertiary/aromatic N) is 1. The summed E-state index contributed by atoms with van der Waals surface area (Å²) in [5, 5.41) is 5.22. The van der Waals surface area contributed by atoms with Gasteiger partial charge in [0.25, 0.3) is 5.91 Å². The van der Waals surface area contributed by atoms with Crippen LogP contribution in [0.4, 0.5) is 4.79 Å². The quantitative estimate of drug-likeness (QED) is 0.697. The Morgan fingerprint density at radius 2 is 2.00 bits per heavy atom. The molecule has 1 heterocycles. The Labute approximate surface area is 140 Å². The van der Waals surface area contributed by atoms with Gasteiger partial charge in [0, 0.05) is 19.2 Å². The molecule has 0 saturated carbocycles. The topological polar surface area (TPSA) is 97.0 Å². The van der Waals surface area contributed by atoms with Gasteiger partial charge in [-0.1, -0.05) is 18.2 Å². The summed E-state index contributed by atoms with van der Waals surface area (Å²) in [6.07, 6.45) is 0. The highest BCUT2D eigenvalue weighted by Gasteiger charge is 2.48. The van der Waals surface area contributed by atoms with Crippen LogP contribution >= 0.6 is 0 Å². The zero-order chi connectivity index (χ0) is 17.7. The molecule has 24 heavy (non-hydrogen) atoms. The first-order valence-corrected chi connectivity index (χ1v) is 7.43. The molecule has 0 bridgehead atoms. The Kier molecular flexibility index (Phi) is 5.40. The minimum Gasteiger partial charge on any atom is -0.496 e. The fourth-order valence-electron chi connectivity index (χ4n) is 2.52. The summed E-state index contributed by atoms with van der Waals surface area (Å²) in [6, 6.07) is 6.66. The third-order valence-electron chi connectivity index (χ3n) is 3.75. The van der Waals surface area contributed by atoms with Gasteiger partial charge in [-0.05, 0) is 13.0 Å². The first-order valence-electron chi connectivity index (χ1n) is 7.43. The van der Waals surface area contributed by atoms with Gasteiger partial charge in [-0.2, -0.15) is 0 Å². The van der Waals surface area contributed by atoms with E-state index in [0.29, 0.717) is 5.75 Å². The smallest absolute Gasteiger partial charge is 0.325 e. The third-order valence-corrected chi connectivity index (χ3v) is 3.75. The van der Waals surface area contributed by atoms with Crippen LogP contribution in [0.5, 0.6) is 5.75 Å². The first kappa shape index (κ1) is 17.7. The van der Waals surface area contributed by atoms with Crippen LogP contribution < -0.4 is 15.4 Å². The van der Waals surface area contributed by atoms with Crippen molar-refractivity contribution >= 4 is 17.8 Å². The maximum Gasteiger partial charge on any atom is 0.325 e. The number of methoxy groups -OCH3 is 2. The minimum atomic E-state index is -1.14. The second kappa shape index (κ2) is 7.31. The summed E-state index contributed by atoms with van der Waals surface area (Å²) in [5.41, 5.74) is -0.343. The van der Waals surface area contributed by atoms with Crippen LogP contribution in [-0.2, 0) is 20.9 Å². The van der Waals surface area contributed by atoms with Gasteiger partial charge in [-0.3, -0.25) is 14.5 Å². The van der Waals surface area contributed by atoms with E-state index in [0.717, 1.165) is 10.5 Å². The zero-order valence-corrected chi connectivity index (χ0v) is 13.9. The highest BCUT2D eigenvalue weighted by atomic mass is 16.5. The molecule has 1 aromatic rings. The van der Waals surface area contributed by atoms with Gasteiger partial charge in [0.15, 0.2) is 0 Å². The average molecular weight is 335 g/mol. The van der Waals surface area contributed by atoms with E-state index in [1.807, 2.05) is 18.2 Å². The SMILES string of the molecule is COC[C@@]1(C)NC(=O)N(CC(=O)NCc2ccccc2OC)C1=O. The van der Waals surface area contributed by atoms with E-state index in [9.17, 15) is 14.4 Å². The summed E-state index contributed by atoms with van der Waals surface area (Å²) in [7, 11) is 2.98. The number of urea groups is 1. The summed E-state index contributed by atoms with van der Waals surface area (Å²) < 4.78 is 10.2. The summed E-state index contributed by atoms with van der Waals surface area (Å²) in [5.74, 6) is -0.270. The molecule has 0 spiro atoms. The Morgan fingerprint density at radius 1 is 1.29 bits per heavy atom. The van der Waals surface area contributed by atoms with Crippen LogP contribution in [0.25, 0.3) is 0 Å². The normalized spacial score (nSPS) is 20.0. The van der Waals surface area contributed by atoms with Crippen LogP contribution in [0, 0.1) is 0 Å². The van der Waals surface area contributed by atoms with Gasteiger partial charge in [0.2, 0.25) is 5.91 Å². The molecule has 0 radical (unpaired) electrons. The Hall–Kier alpha value is -2.61. The molecule has 1 fully saturated rings. The predicted octanol–water partition coefficient (Wildman–Crippen LogP) is 0.268. The number of hydrogen-bond donors (Lipinski definition) is 2. The number of nitrogens with one attached hydrogen (secondary N) is 2. The van der Waals surface area contributed by atoms with Gasteiger partial charge in [-0.15, -0.1) is 0 Å². The van der Waals surface area contributed by atoms with Crippen LogP contribution in [0.1, 0.15) is 12.5 Å². The maximum absolute atomic E-state index is 12.3. The molecule has 4 amide bonds. The molecule has 0 unspecified atom stereocenters. The van der Waals surface area contributed by atoms with Crippen molar-refractivity contribution in [2.45, 2.75) is 19.0 Å². The van der Waals surface area contributed by atoms with Crippen molar-refractivity contribution in [3.63, 3.8) is 0 Å². The van der Waals surface area contributed by atoms with Gasteiger partial charge in [0.1, 0.15) is 17.8 Å². The lowest BCUT2D eigenvalue weighted by atomic mass is 10.0. The van der Waals surface area contributed by atoms with Crippen LogP contribution in [-0.4, -0.2) is 55.7 Å². The molecule has 1 aliphatic rings. The molecule has 1 atom stereocenters. The molecule has 1 aromatic carbocycles. The second-order valence-electron chi connectivity index (χ2n) is 5.68. The minimum absolute atomic E-state index is 0.0386.